The molecule has 0 aromatic carbocycles. The summed E-state index contributed by atoms with van der Waals surface area (Å²) in [5, 5.41) is 4.83. The van der Waals surface area contributed by atoms with E-state index in [0.717, 1.165) is 12.1 Å². The molecule has 3 rings (SSSR count). The van der Waals surface area contributed by atoms with E-state index in [-0.39, 0.29) is 0 Å². The summed E-state index contributed by atoms with van der Waals surface area (Å²) in [4.78, 5) is 0. The van der Waals surface area contributed by atoms with Crippen molar-refractivity contribution in [1.29, 1.82) is 0 Å². The molecule has 1 aliphatic carbocycles. The highest BCUT2D eigenvalue weighted by molar-refractivity contribution is 4.86. The third-order valence-electron chi connectivity index (χ3n) is 3.22. The Hall–Kier alpha value is -0.0800. The van der Waals surface area contributed by atoms with Crippen molar-refractivity contribution in [1.82, 2.24) is 10.0 Å². The largest absolute Gasteiger partial charge is 0.242 e. The first-order valence-electron chi connectivity index (χ1n) is 4.24. The smallest absolute Gasteiger partial charge is 0.0244 e. The zero-order chi connectivity index (χ0) is 7.14. The lowest BCUT2D eigenvalue weighted by Gasteiger charge is -2.50. The zero-order valence-electron chi connectivity index (χ0n) is 6.88. The van der Waals surface area contributed by atoms with Crippen LogP contribution in [0.25, 0.3) is 0 Å². The first-order valence-corrected chi connectivity index (χ1v) is 4.24. The number of hydrogen-bond acceptors (Lipinski definition) is 2. The van der Waals surface area contributed by atoms with Crippen LogP contribution in [0, 0.1) is 0 Å². The summed E-state index contributed by atoms with van der Waals surface area (Å²) < 4.78 is 0. The van der Waals surface area contributed by atoms with Crippen LogP contribution in [0.1, 0.15) is 25.7 Å². The first kappa shape index (κ1) is 6.62. The molecule has 2 aliphatic heterocycles. The van der Waals surface area contributed by atoms with Crippen molar-refractivity contribution in [2.45, 2.75) is 37.8 Å². The predicted octanol–water partition coefficient (Wildman–Crippen LogP) is 1.09. The van der Waals surface area contributed by atoms with E-state index in [1.165, 1.54) is 25.7 Å². The molecule has 0 atom stereocenters. The average Bonchev–Trinajstić information content (AvgIpc) is 2.00. The molecule has 0 N–H and O–H groups in total. The number of fused-ring (bicyclic) bond motifs is 3. The Morgan fingerprint density at radius 1 is 0.800 bits per heavy atom. The van der Waals surface area contributed by atoms with Crippen LogP contribution in [0.2, 0.25) is 0 Å². The summed E-state index contributed by atoms with van der Waals surface area (Å²) >= 11 is 0. The molecule has 2 bridgehead atoms. The molecular formula is C8H16N2. The van der Waals surface area contributed by atoms with Gasteiger partial charge in [0.25, 0.3) is 0 Å². The molecule has 0 aromatic rings. The molecule has 10 heavy (non-hydrogen) atoms. The van der Waals surface area contributed by atoms with Crippen LogP contribution in [-0.4, -0.2) is 36.2 Å². The van der Waals surface area contributed by atoms with E-state index in [9.17, 15) is 0 Å². The van der Waals surface area contributed by atoms with Gasteiger partial charge >= 0.3 is 0 Å². The van der Waals surface area contributed by atoms with Crippen LogP contribution < -0.4 is 0 Å². The van der Waals surface area contributed by atoms with Gasteiger partial charge in [-0.1, -0.05) is 0 Å². The maximum absolute atomic E-state index is 2.41. The molecule has 0 amide bonds. The fraction of sp³-hybridized carbons (Fsp3) is 1.00. The molecule has 0 unspecified atom stereocenters. The number of hydrazine groups is 1. The second-order valence-corrected chi connectivity index (χ2v) is 3.61. The van der Waals surface area contributed by atoms with Crippen LogP contribution in [0.3, 0.4) is 0 Å². The van der Waals surface area contributed by atoms with Gasteiger partial charge in [-0.25, -0.2) is 10.0 Å². The second-order valence-electron chi connectivity index (χ2n) is 3.61. The predicted molar refractivity (Wildman–Crippen MR) is 41.6 cm³/mol. The summed E-state index contributed by atoms with van der Waals surface area (Å²) in [5.41, 5.74) is 0. The third kappa shape index (κ3) is 0.789. The molecular weight excluding hydrogens is 124 g/mol. The van der Waals surface area contributed by atoms with Gasteiger partial charge in [-0.05, 0) is 25.7 Å². The van der Waals surface area contributed by atoms with E-state index < -0.39 is 0 Å². The van der Waals surface area contributed by atoms with Gasteiger partial charge in [-0.2, -0.15) is 0 Å². The van der Waals surface area contributed by atoms with Crippen molar-refractivity contribution >= 4 is 0 Å². The first-order chi connectivity index (χ1) is 4.79. The van der Waals surface area contributed by atoms with Gasteiger partial charge < -0.3 is 0 Å². The number of hydrogen-bond donors (Lipinski definition) is 0. The summed E-state index contributed by atoms with van der Waals surface area (Å²) in [6.07, 6.45) is 5.69. The highest BCUT2D eigenvalue weighted by atomic mass is 15.6. The molecule has 1 saturated carbocycles. The molecule has 2 heterocycles. The van der Waals surface area contributed by atoms with Crippen LogP contribution in [-0.2, 0) is 0 Å². The van der Waals surface area contributed by atoms with Crippen molar-refractivity contribution in [3.8, 4) is 0 Å². The van der Waals surface area contributed by atoms with Gasteiger partial charge in [-0.3, -0.25) is 0 Å². The van der Waals surface area contributed by atoms with Gasteiger partial charge in [0, 0.05) is 26.2 Å². The van der Waals surface area contributed by atoms with Gasteiger partial charge in [0.15, 0.2) is 0 Å². The van der Waals surface area contributed by atoms with E-state index in [2.05, 4.69) is 24.1 Å². The fourth-order valence-electron chi connectivity index (χ4n) is 2.32. The minimum absolute atomic E-state index is 0.856. The van der Waals surface area contributed by atoms with Crippen LogP contribution in [0.4, 0.5) is 0 Å². The number of rotatable bonds is 0. The second kappa shape index (κ2) is 2.21. The lowest BCUT2D eigenvalue weighted by molar-refractivity contribution is -0.123. The Balaban J connectivity index is 2.13. The quantitative estimate of drug-likeness (QED) is 0.497. The monoisotopic (exact) mass is 140 g/mol. The Kier molecular flexibility index (Phi) is 1.46. The van der Waals surface area contributed by atoms with Crippen molar-refractivity contribution in [3.63, 3.8) is 0 Å². The maximum Gasteiger partial charge on any atom is 0.0244 e. The minimum atomic E-state index is 0.856. The normalized spacial score (nSPS) is 42.6. The van der Waals surface area contributed by atoms with Crippen molar-refractivity contribution in [3.05, 3.63) is 0 Å². The van der Waals surface area contributed by atoms with Crippen molar-refractivity contribution in [2.75, 3.05) is 14.1 Å². The molecule has 3 aliphatic rings. The highest BCUT2D eigenvalue weighted by Crippen LogP contribution is 2.32. The third-order valence-corrected chi connectivity index (χ3v) is 3.22. The molecule has 2 saturated heterocycles. The fourth-order valence-corrected chi connectivity index (χ4v) is 2.32. The molecule has 0 aromatic heterocycles. The lowest BCUT2D eigenvalue weighted by atomic mass is 9.88. The summed E-state index contributed by atoms with van der Waals surface area (Å²) in [7, 11) is 4.44. The number of nitrogens with zero attached hydrogens (tertiary/aromatic N) is 2. The van der Waals surface area contributed by atoms with Gasteiger partial charge in [0.1, 0.15) is 0 Å². The Morgan fingerprint density at radius 2 is 1.10 bits per heavy atom. The van der Waals surface area contributed by atoms with Crippen LogP contribution in [0.15, 0.2) is 0 Å². The highest BCUT2D eigenvalue weighted by Gasteiger charge is 2.35. The van der Waals surface area contributed by atoms with Gasteiger partial charge in [-0.15, -0.1) is 0 Å². The summed E-state index contributed by atoms with van der Waals surface area (Å²) in [6.45, 7) is 0. The van der Waals surface area contributed by atoms with Gasteiger partial charge in [0.2, 0.25) is 0 Å². The van der Waals surface area contributed by atoms with E-state index >= 15 is 0 Å². The van der Waals surface area contributed by atoms with Crippen LogP contribution in [0.5, 0.6) is 0 Å². The standard InChI is InChI=1S/C8H16N2/c1-9-7-3-5-8(6-4-7)10(9)2/h7-8H,3-6H2,1-2H3. The van der Waals surface area contributed by atoms with Gasteiger partial charge in [0.05, 0.1) is 0 Å². The Morgan fingerprint density at radius 3 is 1.30 bits per heavy atom. The van der Waals surface area contributed by atoms with E-state index in [0.29, 0.717) is 0 Å². The SMILES string of the molecule is CN1C2CCC(CC2)N1C. The van der Waals surface area contributed by atoms with E-state index in [4.69, 9.17) is 0 Å². The van der Waals surface area contributed by atoms with Crippen LogP contribution >= 0.6 is 0 Å². The molecule has 58 valence electrons. The Bertz CT molecular complexity index is 107. The molecule has 0 spiro atoms. The zero-order valence-corrected chi connectivity index (χ0v) is 6.88. The summed E-state index contributed by atoms with van der Waals surface area (Å²) in [5.74, 6) is 0. The molecule has 2 heteroatoms. The maximum atomic E-state index is 2.41. The minimum Gasteiger partial charge on any atom is -0.242 e. The molecule has 2 nitrogen and oxygen atoms in total. The molecule has 3 fully saturated rings. The average molecular weight is 140 g/mol. The van der Waals surface area contributed by atoms with E-state index in [1.807, 2.05) is 0 Å². The van der Waals surface area contributed by atoms with Crippen molar-refractivity contribution < 1.29 is 0 Å². The summed E-state index contributed by atoms with van der Waals surface area (Å²) in [6, 6.07) is 1.71. The Labute approximate surface area is 62.8 Å². The lowest BCUT2D eigenvalue weighted by Crippen LogP contribution is -2.57. The van der Waals surface area contributed by atoms with Crippen molar-refractivity contribution in [2.24, 2.45) is 0 Å². The topological polar surface area (TPSA) is 6.48 Å². The van der Waals surface area contributed by atoms with E-state index in [1.54, 1.807) is 0 Å². The molecule has 0 radical (unpaired) electrons.